The number of aromatic amines is 1. The fraction of sp³-hybridized carbons (Fsp3) is 0.231. The van der Waals surface area contributed by atoms with Gasteiger partial charge >= 0.3 is 6.18 Å². The maximum atomic E-state index is 12.7. The normalized spacial score (nSPS) is 11.6. The largest absolute Gasteiger partial charge is 0.449 e. The van der Waals surface area contributed by atoms with E-state index in [1.807, 2.05) is 26.0 Å². The summed E-state index contributed by atoms with van der Waals surface area (Å²) >= 11 is 4.79. The van der Waals surface area contributed by atoms with Crippen LogP contribution in [0.4, 0.5) is 13.2 Å². The molecule has 0 atom stereocenters. The lowest BCUT2D eigenvalue weighted by atomic mass is 10.0. The molecule has 0 aliphatic rings. The lowest BCUT2D eigenvalue weighted by molar-refractivity contribution is -0.144. The molecule has 0 radical (unpaired) electrons. The maximum Gasteiger partial charge on any atom is 0.449 e. The molecule has 1 aromatic carbocycles. The highest BCUT2D eigenvalue weighted by molar-refractivity contribution is 7.71. The van der Waals surface area contributed by atoms with Gasteiger partial charge in [-0.2, -0.15) is 13.2 Å². The van der Waals surface area contributed by atoms with Gasteiger partial charge in [0.25, 0.3) is 0 Å². The third-order valence-electron chi connectivity index (χ3n) is 2.68. The third-order valence-corrected chi connectivity index (χ3v) is 2.89. The van der Waals surface area contributed by atoms with E-state index < -0.39 is 12.0 Å². The minimum atomic E-state index is -4.54. The monoisotopic (exact) mass is 284 g/mol. The topological polar surface area (TPSA) is 28.7 Å². The molecule has 0 unspecified atom stereocenters. The molecule has 19 heavy (non-hydrogen) atoms. The molecule has 0 saturated heterocycles. The molecule has 2 aromatic rings. The number of benzene rings is 1. The number of nitrogens with one attached hydrogen (secondary N) is 1. The molecule has 1 N–H and O–H groups in total. The summed E-state index contributed by atoms with van der Waals surface area (Å²) in [4.78, 5) is 5.61. The molecule has 1 aromatic heterocycles. The summed E-state index contributed by atoms with van der Waals surface area (Å²) in [6.07, 6.45) is -4.54. The first kappa shape index (κ1) is 13.7. The minimum absolute atomic E-state index is 0.0824. The van der Waals surface area contributed by atoms with Gasteiger partial charge in [-0.15, -0.1) is 0 Å². The smallest absolute Gasteiger partial charge is 0.335 e. The Morgan fingerprint density at radius 3 is 2.42 bits per heavy atom. The van der Waals surface area contributed by atoms with Crippen LogP contribution in [-0.2, 0) is 6.18 Å². The summed E-state index contributed by atoms with van der Waals surface area (Å²) in [6, 6.07) is 6.94. The van der Waals surface area contributed by atoms with Crippen LogP contribution in [0, 0.1) is 18.5 Å². The average molecular weight is 284 g/mol. The number of nitrogens with zero attached hydrogens (tertiary/aromatic N) is 1. The van der Waals surface area contributed by atoms with E-state index in [9.17, 15) is 13.2 Å². The summed E-state index contributed by atoms with van der Waals surface area (Å²) in [6.45, 7) is 3.76. The van der Waals surface area contributed by atoms with Crippen molar-refractivity contribution in [2.75, 3.05) is 0 Å². The summed E-state index contributed by atoms with van der Waals surface area (Å²) in [5.41, 5.74) is 2.93. The highest BCUT2D eigenvalue weighted by Crippen LogP contribution is 2.29. The van der Waals surface area contributed by atoms with Gasteiger partial charge in [-0.05, 0) is 25.5 Å². The average Bonchev–Trinajstić information content (AvgIpc) is 2.26. The Balaban J connectivity index is 2.63. The second-order valence-electron chi connectivity index (χ2n) is 4.30. The Kier molecular flexibility index (Phi) is 3.45. The van der Waals surface area contributed by atoms with Gasteiger partial charge in [0.2, 0.25) is 5.82 Å². The van der Waals surface area contributed by atoms with E-state index in [0.29, 0.717) is 11.3 Å². The molecule has 0 spiro atoms. The van der Waals surface area contributed by atoms with Crippen molar-refractivity contribution >= 4 is 12.2 Å². The van der Waals surface area contributed by atoms with Gasteiger partial charge in [0.05, 0.1) is 5.69 Å². The zero-order chi connectivity index (χ0) is 14.2. The molecule has 0 amide bonds. The number of aromatic nitrogens is 2. The van der Waals surface area contributed by atoms with Crippen LogP contribution >= 0.6 is 12.2 Å². The van der Waals surface area contributed by atoms with E-state index in [-0.39, 0.29) is 4.64 Å². The van der Waals surface area contributed by atoms with Gasteiger partial charge in [-0.3, -0.25) is 0 Å². The van der Waals surface area contributed by atoms with E-state index in [1.165, 1.54) is 6.07 Å². The van der Waals surface area contributed by atoms with Gasteiger partial charge in [0.15, 0.2) is 0 Å². The molecule has 100 valence electrons. The van der Waals surface area contributed by atoms with Crippen molar-refractivity contribution in [3.63, 3.8) is 0 Å². The van der Waals surface area contributed by atoms with Crippen molar-refractivity contribution in [3.05, 3.63) is 45.9 Å². The van der Waals surface area contributed by atoms with Gasteiger partial charge in [-0.25, -0.2) is 4.98 Å². The van der Waals surface area contributed by atoms with Crippen LogP contribution in [0.2, 0.25) is 0 Å². The van der Waals surface area contributed by atoms with Crippen molar-refractivity contribution in [3.8, 4) is 11.3 Å². The van der Waals surface area contributed by atoms with Gasteiger partial charge in [-0.1, -0.05) is 36.0 Å². The van der Waals surface area contributed by atoms with Crippen molar-refractivity contribution in [1.82, 2.24) is 9.97 Å². The van der Waals surface area contributed by atoms with E-state index in [2.05, 4.69) is 9.97 Å². The third kappa shape index (κ3) is 3.01. The number of halogens is 3. The molecule has 6 heteroatoms. The molecular weight excluding hydrogens is 273 g/mol. The molecule has 0 aliphatic heterocycles. The molecule has 0 aliphatic carbocycles. The second-order valence-corrected chi connectivity index (χ2v) is 4.72. The van der Waals surface area contributed by atoms with E-state index in [4.69, 9.17) is 12.2 Å². The Morgan fingerprint density at radius 2 is 1.84 bits per heavy atom. The Bertz CT molecular complexity index is 674. The number of aryl methyl sites for hydroxylation is 2. The van der Waals surface area contributed by atoms with Crippen molar-refractivity contribution in [2.45, 2.75) is 20.0 Å². The predicted octanol–water partition coefficient (Wildman–Crippen LogP) is 4.44. The summed E-state index contributed by atoms with van der Waals surface area (Å²) < 4.78 is 38.0. The van der Waals surface area contributed by atoms with Crippen LogP contribution < -0.4 is 0 Å². The van der Waals surface area contributed by atoms with Gasteiger partial charge < -0.3 is 4.98 Å². The molecule has 0 fully saturated rings. The molecule has 0 saturated carbocycles. The number of H-pyrrole nitrogens is 1. The quantitative estimate of drug-likeness (QED) is 0.784. The molecule has 2 rings (SSSR count). The number of hydrogen-bond donors (Lipinski definition) is 1. The van der Waals surface area contributed by atoms with Crippen LogP contribution in [0.25, 0.3) is 11.3 Å². The molecule has 0 bridgehead atoms. The maximum absolute atomic E-state index is 12.7. The standard InChI is InChI=1S/C13H11F3N2S/c1-7-3-4-9(8(2)5-7)10-6-11(19)18-12(17-10)13(14,15)16/h3-6H,1-2H3,(H,17,18,19). The summed E-state index contributed by atoms with van der Waals surface area (Å²) in [7, 11) is 0. The van der Waals surface area contributed by atoms with E-state index in [1.54, 1.807) is 6.07 Å². The Hall–Kier alpha value is -1.69. The fourth-order valence-electron chi connectivity index (χ4n) is 1.85. The van der Waals surface area contributed by atoms with Crippen LogP contribution in [0.15, 0.2) is 24.3 Å². The lowest BCUT2D eigenvalue weighted by Gasteiger charge is -2.11. The number of rotatable bonds is 1. The van der Waals surface area contributed by atoms with E-state index >= 15 is 0 Å². The zero-order valence-corrected chi connectivity index (χ0v) is 11.1. The summed E-state index contributed by atoms with van der Waals surface area (Å²) in [5.74, 6) is -1.07. The zero-order valence-electron chi connectivity index (χ0n) is 10.3. The Labute approximate surface area is 113 Å². The first-order valence-corrected chi connectivity index (χ1v) is 5.94. The highest BCUT2D eigenvalue weighted by atomic mass is 32.1. The van der Waals surface area contributed by atoms with Gasteiger partial charge in [0.1, 0.15) is 4.64 Å². The SMILES string of the molecule is Cc1ccc(-c2cc(=S)nc(C(F)(F)F)[nH]2)c(C)c1. The number of hydrogen-bond acceptors (Lipinski definition) is 2. The van der Waals surface area contributed by atoms with Crippen LogP contribution in [-0.4, -0.2) is 9.97 Å². The first-order chi connectivity index (χ1) is 8.77. The highest BCUT2D eigenvalue weighted by Gasteiger charge is 2.34. The fourth-order valence-corrected chi connectivity index (χ4v) is 2.06. The summed E-state index contributed by atoms with van der Waals surface area (Å²) in [5, 5.41) is 0. The predicted molar refractivity (Wildman–Crippen MR) is 69.3 cm³/mol. The van der Waals surface area contributed by atoms with Crippen LogP contribution in [0.1, 0.15) is 17.0 Å². The molecular formula is C13H11F3N2S. The van der Waals surface area contributed by atoms with Crippen LogP contribution in [0.3, 0.4) is 0 Å². The lowest BCUT2D eigenvalue weighted by Crippen LogP contribution is -2.11. The van der Waals surface area contributed by atoms with Crippen LogP contribution in [0.5, 0.6) is 0 Å². The number of alkyl halides is 3. The molecule has 1 heterocycles. The van der Waals surface area contributed by atoms with E-state index in [0.717, 1.165) is 11.1 Å². The van der Waals surface area contributed by atoms with Crippen molar-refractivity contribution < 1.29 is 13.2 Å². The van der Waals surface area contributed by atoms with Crippen molar-refractivity contribution in [1.29, 1.82) is 0 Å². The first-order valence-electron chi connectivity index (χ1n) is 5.53. The molecule has 2 nitrogen and oxygen atoms in total. The van der Waals surface area contributed by atoms with Crippen molar-refractivity contribution in [2.24, 2.45) is 0 Å². The van der Waals surface area contributed by atoms with Gasteiger partial charge in [0, 0.05) is 5.56 Å². The Morgan fingerprint density at radius 1 is 1.16 bits per heavy atom. The minimum Gasteiger partial charge on any atom is -0.335 e. The second kappa shape index (κ2) is 4.77.